The smallest absolute Gasteiger partial charge is 0.251 e. The molecule has 7 nitrogen and oxygen atoms in total. The van der Waals surface area contributed by atoms with Crippen LogP contribution in [0.1, 0.15) is 35.6 Å². The van der Waals surface area contributed by atoms with Crippen LogP contribution in [0, 0.1) is 6.92 Å². The lowest BCUT2D eigenvalue weighted by Crippen LogP contribution is -2.34. The van der Waals surface area contributed by atoms with Crippen LogP contribution in [0.3, 0.4) is 0 Å². The monoisotopic (exact) mass is 404 g/mol. The zero-order valence-electron chi connectivity index (χ0n) is 16.9. The van der Waals surface area contributed by atoms with Gasteiger partial charge in [-0.25, -0.2) is 4.98 Å². The number of likely N-dealkylation sites (tertiary alicyclic amines) is 1. The van der Waals surface area contributed by atoms with Crippen molar-refractivity contribution in [1.29, 1.82) is 0 Å². The number of aromatic nitrogens is 3. The second-order valence-corrected chi connectivity index (χ2v) is 7.94. The molecule has 1 atom stereocenters. The predicted octanol–water partition coefficient (Wildman–Crippen LogP) is 3.25. The molecule has 1 fully saturated rings. The van der Waals surface area contributed by atoms with Gasteiger partial charge in [0.15, 0.2) is 17.3 Å². The molecule has 0 spiro atoms. The van der Waals surface area contributed by atoms with E-state index in [4.69, 9.17) is 14.5 Å². The normalized spacial score (nSPS) is 18.5. The summed E-state index contributed by atoms with van der Waals surface area (Å²) in [5.74, 6) is 2.39. The highest BCUT2D eigenvalue weighted by Crippen LogP contribution is 2.35. The van der Waals surface area contributed by atoms with E-state index in [1.165, 1.54) is 11.1 Å². The van der Waals surface area contributed by atoms with Crippen LogP contribution in [0.2, 0.25) is 0 Å². The van der Waals surface area contributed by atoms with E-state index in [2.05, 4.69) is 33.9 Å². The van der Waals surface area contributed by atoms with Crippen molar-refractivity contribution in [3.05, 3.63) is 69.8 Å². The van der Waals surface area contributed by atoms with E-state index in [-0.39, 0.29) is 18.3 Å². The van der Waals surface area contributed by atoms with Crippen LogP contribution in [0.4, 0.5) is 0 Å². The molecule has 7 heteroatoms. The first-order chi connectivity index (χ1) is 14.7. The number of ether oxygens (including phenoxy) is 2. The molecule has 5 rings (SSSR count). The number of H-pyrrole nitrogens is 1. The topological polar surface area (TPSA) is 80.3 Å². The molecule has 1 N–H and O–H groups in total. The van der Waals surface area contributed by atoms with Gasteiger partial charge in [-0.2, -0.15) is 0 Å². The number of nitrogens with one attached hydrogen (secondary N) is 1. The van der Waals surface area contributed by atoms with Crippen molar-refractivity contribution < 1.29 is 9.47 Å². The van der Waals surface area contributed by atoms with Crippen molar-refractivity contribution in [2.75, 3.05) is 19.9 Å². The first kappa shape index (κ1) is 18.8. The third kappa shape index (κ3) is 3.80. The Morgan fingerprint density at radius 1 is 1.20 bits per heavy atom. The fourth-order valence-corrected chi connectivity index (χ4v) is 4.25. The van der Waals surface area contributed by atoms with Crippen LogP contribution >= 0.6 is 0 Å². The highest BCUT2D eigenvalue weighted by atomic mass is 16.7. The van der Waals surface area contributed by atoms with Gasteiger partial charge in [0.05, 0.1) is 5.69 Å². The molecule has 0 saturated carbocycles. The lowest BCUT2D eigenvalue weighted by Gasteiger charge is -2.32. The third-order valence-corrected chi connectivity index (χ3v) is 5.82. The molecule has 1 saturated heterocycles. The van der Waals surface area contributed by atoms with Gasteiger partial charge >= 0.3 is 0 Å². The molecular formula is C23H24N4O3. The summed E-state index contributed by atoms with van der Waals surface area (Å²) in [6.07, 6.45) is 3.80. The molecule has 0 amide bonds. The molecule has 0 bridgehead atoms. The maximum Gasteiger partial charge on any atom is 0.251 e. The van der Waals surface area contributed by atoms with Gasteiger partial charge in [-0.05, 0) is 61.7 Å². The van der Waals surface area contributed by atoms with Gasteiger partial charge in [0.1, 0.15) is 5.69 Å². The molecular weight excluding hydrogens is 380 g/mol. The average Bonchev–Trinajstić information content (AvgIpc) is 3.21. The van der Waals surface area contributed by atoms with Gasteiger partial charge in [0, 0.05) is 31.3 Å². The zero-order valence-corrected chi connectivity index (χ0v) is 16.9. The Balaban J connectivity index is 1.36. The Morgan fingerprint density at radius 2 is 2.07 bits per heavy atom. The SMILES string of the molecule is Cc1cc2c(cc1CN1CCC[C@H](c3cc(=O)[nH]c(-c4ccccn4)n3)C1)OCO2. The number of pyridine rings is 1. The molecule has 4 heterocycles. The lowest BCUT2D eigenvalue weighted by atomic mass is 9.93. The number of aromatic amines is 1. The Hall–Kier alpha value is -3.19. The number of benzene rings is 1. The summed E-state index contributed by atoms with van der Waals surface area (Å²) in [5, 5.41) is 0. The van der Waals surface area contributed by atoms with E-state index in [0.29, 0.717) is 11.5 Å². The zero-order chi connectivity index (χ0) is 20.5. The minimum absolute atomic E-state index is 0.135. The fraction of sp³-hybridized carbons (Fsp3) is 0.348. The van der Waals surface area contributed by atoms with Crippen LogP contribution in [0.15, 0.2) is 47.4 Å². The van der Waals surface area contributed by atoms with Crippen LogP contribution in [0.5, 0.6) is 11.5 Å². The van der Waals surface area contributed by atoms with Crippen molar-refractivity contribution in [3.63, 3.8) is 0 Å². The summed E-state index contributed by atoms with van der Waals surface area (Å²) in [4.78, 5) is 26.6. The summed E-state index contributed by atoms with van der Waals surface area (Å²) >= 11 is 0. The van der Waals surface area contributed by atoms with Crippen molar-refractivity contribution in [1.82, 2.24) is 19.9 Å². The summed E-state index contributed by atoms with van der Waals surface area (Å²) in [6.45, 7) is 5.13. The lowest BCUT2D eigenvalue weighted by molar-refractivity contribution is 0.173. The largest absolute Gasteiger partial charge is 0.454 e. The summed E-state index contributed by atoms with van der Waals surface area (Å²) in [5.41, 5.74) is 3.83. The number of fused-ring (bicyclic) bond motifs is 1. The number of hydrogen-bond donors (Lipinski definition) is 1. The minimum Gasteiger partial charge on any atom is -0.454 e. The number of aryl methyl sites for hydroxylation is 1. The number of hydrogen-bond acceptors (Lipinski definition) is 6. The van der Waals surface area contributed by atoms with Gasteiger partial charge in [-0.15, -0.1) is 0 Å². The van der Waals surface area contributed by atoms with Gasteiger partial charge in [-0.1, -0.05) is 6.07 Å². The molecule has 0 aliphatic carbocycles. The van der Waals surface area contributed by atoms with E-state index in [0.717, 1.165) is 49.7 Å². The van der Waals surface area contributed by atoms with Gasteiger partial charge in [0.2, 0.25) is 6.79 Å². The highest BCUT2D eigenvalue weighted by Gasteiger charge is 2.25. The van der Waals surface area contributed by atoms with Crippen molar-refractivity contribution in [2.45, 2.75) is 32.2 Å². The molecule has 0 unspecified atom stereocenters. The molecule has 1 aromatic carbocycles. The summed E-state index contributed by atoms with van der Waals surface area (Å²) in [7, 11) is 0. The average molecular weight is 404 g/mol. The van der Waals surface area contributed by atoms with E-state index >= 15 is 0 Å². The minimum atomic E-state index is -0.135. The van der Waals surface area contributed by atoms with E-state index in [9.17, 15) is 4.79 Å². The Morgan fingerprint density at radius 3 is 2.90 bits per heavy atom. The first-order valence-corrected chi connectivity index (χ1v) is 10.3. The van der Waals surface area contributed by atoms with Crippen LogP contribution in [-0.4, -0.2) is 39.7 Å². The van der Waals surface area contributed by atoms with Gasteiger partial charge in [0.25, 0.3) is 5.56 Å². The van der Waals surface area contributed by atoms with Crippen molar-refractivity contribution in [3.8, 4) is 23.0 Å². The number of piperidine rings is 1. The quantitative estimate of drug-likeness (QED) is 0.719. The molecule has 3 aromatic rings. The second kappa shape index (κ2) is 7.91. The number of rotatable bonds is 4. The maximum atomic E-state index is 12.3. The van der Waals surface area contributed by atoms with Gasteiger partial charge in [-0.3, -0.25) is 14.7 Å². The molecule has 30 heavy (non-hydrogen) atoms. The van der Waals surface area contributed by atoms with Crippen LogP contribution < -0.4 is 15.0 Å². The van der Waals surface area contributed by atoms with Crippen LogP contribution in [0.25, 0.3) is 11.5 Å². The summed E-state index contributed by atoms with van der Waals surface area (Å²) in [6, 6.07) is 11.4. The molecule has 0 radical (unpaired) electrons. The standard InChI is InChI=1S/C23H24N4O3/c1-15-9-20-21(30-14-29-20)10-17(15)13-27-8-4-5-16(12-27)19-11-22(28)26-23(25-19)18-6-2-3-7-24-18/h2-3,6-7,9-11,16H,4-5,8,12-14H2,1H3,(H,25,26,28)/t16-/m0/s1. The fourth-order valence-electron chi connectivity index (χ4n) is 4.25. The maximum absolute atomic E-state index is 12.3. The number of nitrogens with zero attached hydrogens (tertiary/aromatic N) is 3. The van der Waals surface area contributed by atoms with E-state index in [1.807, 2.05) is 18.2 Å². The molecule has 154 valence electrons. The second-order valence-electron chi connectivity index (χ2n) is 7.94. The van der Waals surface area contributed by atoms with Crippen LogP contribution in [-0.2, 0) is 6.54 Å². The van der Waals surface area contributed by atoms with E-state index in [1.54, 1.807) is 12.3 Å². The highest BCUT2D eigenvalue weighted by molar-refractivity contribution is 5.49. The third-order valence-electron chi connectivity index (χ3n) is 5.82. The van der Waals surface area contributed by atoms with E-state index < -0.39 is 0 Å². The Kier molecular flexibility index (Phi) is 4.96. The summed E-state index contributed by atoms with van der Waals surface area (Å²) < 4.78 is 11.0. The Bertz CT molecular complexity index is 1110. The predicted molar refractivity (Wildman–Crippen MR) is 113 cm³/mol. The Labute approximate surface area is 174 Å². The van der Waals surface area contributed by atoms with Crippen molar-refractivity contribution >= 4 is 0 Å². The van der Waals surface area contributed by atoms with Gasteiger partial charge < -0.3 is 14.5 Å². The molecule has 2 aliphatic heterocycles. The first-order valence-electron chi connectivity index (χ1n) is 10.3. The molecule has 2 aromatic heterocycles. The molecule has 2 aliphatic rings. The van der Waals surface area contributed by atoms with Crippen molar-refractivity contribution in [2.24, 2.45) is 0 Å².